The molecule has 0 aromatic carbocycles. The monoisotopic (exact) mass is 229 g/mol. The fourth-order valence-corrected chi connectivity index (χ4v) is 1.73. The van der Waals surface area contributed by atoms with Crippen molar-refractivity contribution >= 4 is 17.3 Å². The predicted octanol–water partition coefficient (Wildman–Crippen LogP) is 1.53. The molecule has 1 rings (SSSR count). The first-order chi connectivity index (χ1) is 6.93. The molecule has 1 heterocycles. The zero-order valence-electron chi connectivity index (χ0n) is 9.49. The van der Waals surface area contributed by atoms with Crippen LogP contribution in [-0.4, -0.2) is 23.4 Å². The molecule has 0 unspecified atom stereocenters. The Morgan fingerprint density at radius 1 is 1.60 bits per heavy atom. The lowest BCUT2D eigenvalue weighted by atomic mass is 10.2. The number of hydrogen-bond donors (Lipinski definition) is 0. The zero-order chi connectivity index (χ0) is 11.6. The van der Waals surface area contributed by atoms with Crippen LogP contribution in [0.4, 0.5) is 5.69 Å². The Labute approximate surface area is 94.5 Å². The van der Waals surface area contributed by atoms with Crippen molar-refractivity contribution in [3.8, 4) is 0 Å². The molecule has 0 bridgehead atoms. The van der Waals surface area contributed by atoms with Gasteiger partial charge in [-0.2, -0.15) is 5.10 Å². The van der Waals surface area contributed by atoms with Gasteiger partial charge < -0.3 is 4.90 Å². The Bertz CT molecular complexity index is 400. The van der Waals surface area contributed by atoms with Crippen LogP contribution in [0.25, 0.3) is 0 Å². The van der Waals surface area contributed by atoms with Crippen molar-refractivity contribution in [2.75, 3.05) is 18.5 Å². The topological polar surface area (TPSA) is 38.1 Å². The van der Waals surface area contributed by atoms with Crippen LogP contribution < -0.4 is 10.5 Å². The highest BCUT2D eigenvalue weighted by atomic mass is 35.5. The number of halogens is 1. The van der Waals surface area contributed by atoms with Crippen LogP contribution in [-0.2, 0) is 7.05 Å². The third kappa shape index (κ3) is 2.72. The van der Waals surface area contributed by atoms with Crippen LogP contribution in [0.5, 0.6) is 0 Å². The first-order valence-corrected chi connectivity index (χ1v) is 5.24. The van der Waals surface area contributed by atoms with Crippen LogP contribution in [0, 0.1) is 5.92 Å². The lowest BCUT2D eigenvalue weighted by Crippen LogP contribution is -2.27. The summed E-state index contributed by atoms with van der Waals surface area (Å²) in [4.78, 5) is 13.5. The van der Waals surface area contributed by atoms with Gasteiger partial charge in [-0.1, -0.05) is 25.4 Å². The van der Waals surface area contributed by atoms with Crippen molar-refractivity contribution in [1.29, 1.82) is 0 Å². The van der Waals surface area contributed by atoms with E-state index in [1.165, 1.54) is 4.68 Å². The molecule has 1 aromatic heterocycles. The number of aromatic nitrogens is 2. The van der Waals surface area contributed by atoms with Gasteiger partial charge in [0.15, 0.2) is 0 Å². The normalized spacial score (nSPS) is 10.8. The molecule has 0 aliphatic rings. The Hall–Kier alpha value is -1.03. The lowest BCUT2D eigenvalue weighted by Gasteiger charge is -2.21. The molecule has 1 aromatic rings. The molecular weight excluding hydrogens is 214 g/mol. The maximum absolute atomic E-state index is 11.5. The van der Waals surface area contributed by atoms with Crippen LogP contribution in [0.2, 0.25) is 5.02 Å². The van der Waals surface area contributed by atoms with Crippen molar-refractivity contribution in [2.24, 2.45) is 13.0 Å². The largest absolute Gasteiger partial charge is 0.372 e. The first-order valence-electron chi connectivity index (χ1n) is 4.86. The second kappa shape index (κ2) is 4.66. The van der Waals surface area contributed by atoms with Crippen molar-refractivity contribution in [3.63, 3.8) is 0 Å². The van der Waals surface area contributed by atoms with Gasteiger partial charge in [0.25, 0.3) is 5.56 Å². The maximum atomic E-state index is 11.5. The summed E-state index contributed by atoms with van der Waals surface area (Å²) in [6.45, 7) is 5.06. The average molecular weight is 230 g/mol. The molecule has 84 valence electrons. The van der Waals surface area contributed by atoms with Crippen molar-refractivity contribution in [2.45, 2.75) is 13.8 Å². The van der Waals surface area contributed by atoms with E-state index in [1.54, 1.807) is 13.2 Å². The van der Waals surface area contributed by atoms with Crippen LogP contribution in [0.3, 0.4) is 0 Å². The van der Waals surface area contributed by atoms with E-state index in [-0.39, 0.29) is 10.6 Å². The van der Waals surface area contributed by atoms with E-state index in [1.807, 2.05) is 11.9 Å². The van der Waals surface area contributed by atoms with Gasteiger partial charge in [-0.05, 0) is 5.92 Å². The quantitative estimate of drug-likeness (QED) is 0.789. The Morgan fingerprint density at radius 3 is 2.73 bits per heavy atom. The molecule has 0 amide bonds. The summed E-state index contributed by atoms with van der Waals surface area (Å²) < 4.78 is 1.23. The van der Waals surface area contributed by atoms with Gasteiger partial charge in [-0.25, -0.2) is 4.68 Å². The second-order valence-corrected chi connectivity index (χ2v) is 4.42. The number of aryl methyl sites for hydroxylation is 1. The number of anilines is 1. The van der Waals surface area contributed by atoms with E-state index in [2.05, 4.69) is 18.9 Å². The Balaban J connectivity index is 3.05. The molecule has 0 aliphatic heterocycles. The van der Waals surface area contributed by atoms with E-state index >= 15 is 0 Å². The highest BCUT2D eigenvalue weighted by Crippen LogP contribution is 2.19. The minimum atomic E-state index is -0.259. The third-order valence-corrected chi connectivity index (χ3v) is 2.47. The molecular formula is C10H16ClN3O. The molecule has 0 saturated heterocycles. The number of hydrogen-bond acceptors (Lipinski definition) is 3. The highest BCUT2D eigenvalue weighted by molar-refractivity contribution is 6.32. The summed E-state index contributed by atoms with van der Waals surface area (Å²) in [5.41, 5.74) is 0.429. The van der Waals surface area contributed by atoms with Gasteiger partial charge in [0.2, 0.25) is 0 Å². The number of nitrogens with zero attached hydrogens (tertiary/aromatic N) is 3. The van der Waals surface area contributed by atoms with Gasteiger partial charge in [-0.15, -0.1) is 0 Å². The predicted molar refractivity (Wildman–Crippen MR) is 62.6 cm³/mol. The molecule has 0 N–H and O–H groups in total. The van der Waals surface area contributed by atoms with E-state index in [4.69, 9.17) is 11.6 Å². The Morgan fingerprint density at radius 2 is 2.20 bits per heavy atom. The second-order valence-electron chi connectivity index (χ2n) is 4.05. The van der Waals surface area contributed by atoms with Crippen LogP contribution >= 0.6 is 11.6 Å². The van der Waals surface area contributed by atoms with Gasteiger partial charge >= 0.3 is 0 Å². The number of rotatable bonds is 3. The molecule has 0 aliphatic carbocycles. The van der Waals surface area contributed by atoms with Crippen molar-refractivity contribution < 1.29 is 0 Å². The van der Waals surface area contributed by atoms with Crippen LogP contribution in [0.1, 0.15) is 13.8 Å². The SMILES string of the molecule is CC(C)CN(C)c1cnn(C)c(=O)c1Cl. The molecule has 4 nitrogen and oxygen atoms in total. The fraction of sp³-hybridized carbons (Fsp3) is 0.600. The summed E-state index contributed by atoms with van der Waals surface area (Å²) >= 11 is 5.96. The van der Waals surface area contributed by atoms with Gasteiger partial charge in [-0.3, -0.25) is 4.79 Å². The maximum Gasteiger partial charge on any atom is 0.287 e. The van der Waals surface area contributed by atoms with Crippen molar-refractivity contribution in [1.82, 2.24) is 9.78 Å². The van der Waals surface area contributed by atoms with Crippen molar-refractivity contribution in [3.05, 3.63) is 21.6 Å². The third-order valence-electron chi connectivity index (χ3n) is 2.11. The molecule has 0 fully saturated rings. The van der Waals surface area contributed by atoms with Gasteiger partial charge in [0.1, 0.15) is 5.02 Å². The molecule has 15 heavy (non-hydrogen) atoms. The molecule has 0 radical (unpaired) electrons. The van der Waals surface area contributed by atoms with E-state index in [9.17, 15) is 4.79 Å². The van der Waals surface area contributed by atoms with E-state index in [0.717, 1.165) is 6.54 Å². The molecule has 0 spiro atoms. The summed E-state index contributed by atoms with van der Waals surface area (Å²) in [6.07, 6.45) is 1.62. The summed E-state index contributed by atoms with van der Waals surface area (Å²) in [7, 11) is 3.49. The highest BCUT2D eigenvalue weighted by Gasteiger charge is 2.12. The lowest BCUT2D eigenvalue weighted by molar-refractivity contribution is 0.633. The van der Waals surface area contributed by atoms with E-state index < -0.39 is 0 Å². The standard InChI is InChI=1S/C10H16ClN3O/c1-7(2)6-13(3)8-5-12-14(4)10(15)9(8)11/h5,7H,6H2,1-4H3. The molecule has 0 atom stereocenters. The summed E-state index contributed by atoms with van der Waals surface area (Å²) in [5, 5.41) is 4.18. The van der Waals surface area contributed by atoms with E-state index in [0.29, 0.717) is 11.6 Å². The van der Waals surface area contributed by atoms with Crippen LogP contribution in [0.15, 0.2) is 11.0 Å². The first kappa shape index (κ1) is 12.0. The van der Waals surface area contributed by atoms with Gasteiger partial charge in [0.05, 0.1) is 11.9 Å². The Kier molecular flexibility index (Phi) is 3.74. The average Bonchev–Trinajstić information content (AvgIpc) is 2.13. The summed E-state index contributed by atoms with van der Waals surface area (Å²) in [6, 6.07) is 0. The van der Waals surface area contributed by atoms with Gasteiger partial charge in [0, 0.05) is 20.6 Å². The molecule has 0 saturated carbocycles. The minimum absolute atomic E-state index is 0.232. The zero-order valence-corrected chi connectivity index (χ0v) is 10.2. The summed E-state index contributed by atoms with van der Waals surface area (Å²) in [5.74, 6) is 0.509. The smallest absolute Gasteiger partial charge is 0.287 e. The fourth-order valence-electron chi connectivity index (χ4n) is 1.41. The molecule has 5 heteroatoms. The minimum Gasteiger partial charge on any atom is -0.372 e.